The zero-order chi connectivity index (χ0) is 8.67. The molecule has 0 N–H and O–H groups in total. The van der Waals surface area contributed by atoms with E-state index in [4.69, 9.17) is 4.42 Å². The van der Waals surface area contributed by atoms with E-state index in [2.05, 4.69) is 15.2 Å². The van der Waals surface area contributed by atoms with E-state index in [-0.39, 0.29) is 0 Å². The molecule has 0 aromatic carbocycles. The van der Waals surface area contributed by atoms with Crippen molar-refractivity contribution in [1.82, 2.24) is 15.2 Å². The van der Waals surface area contributed by atoms with E-state index in [1.54, 1.807) is 18.6 Å². The van der Waals surface area contributed by atoms with E-state index >= 15 is 0 Å². The van der Waals surface area contributed by atoms with Crippen molar-refractivity contribution < 1.29 is 4.42 Å². The van der Waals surface area contributed by atoms with Crippen LogP contribution in [-0.4, -0.2) is 15.2 Å². The van der Waals surface area contributed by atoms with Gasteiger partial charge in [-0.05, 0) is 12.1 Å². The van der Waals surface area contributed by atoms with E-state index in [1.165, 1.54) is 0 Å². The zero-order valence-electron chi connectivity index (χ0n) is 6.64. The lowest BCUT2D eigenvalue weighted by molar-refractivity contribution is 0.645. The molecular formula is C9H5N3O. The maximum Gasteiger partial charge on any atom is 0.247 e. The number of aromatic nitrogens is 3. The summed E-state index contributed by atoms with van der Waals surface area (Å²) >= 11 is 0. The first kappa shape index (κ1) is 6.54. The molecule has 3 aromatic rings. The molecule has 3 aromatic heterocycles. The normalized spacial score (nSPS) is 11.1. The number of nitrogens with zero attached hydrogens (tertiary/aromatic N) is 3. The lowest BCUT2D eigenvalue weighted by Crippen LogP contribution is -1.76. The quantitative estimate of drug-likeness (QED) is 0.517. The molecule has 0 radical (unpaired) electrons. The minimum atomic E-state index is 0.561. The first-order chi connectivity index (χ1) is 6.45. The molecule has 62 valence electrons. The number of pyridine rings is 1. The van der Waals surface area contributed by atoms with Gasteiger partial charge < -0.3 is 4.42 Å². The smallest absolute Gasteiger partial charge is 0.247 e. The highest BCUT2D eigenvalue weighted by molar-refractivity contribution is 6.02. The third-order valence-corrected chi connectivity index (χ3v) is 1.96. The highest BCUT2D eigenvalue weighted by atomic mass is 16.3. The van der Waals surface area contributed by atoms with Gasteiger partial charge in [0.25, 0.3) is 0 Å². The molecule has 0 aliphatic heterocycles. The van der Waals surface area contributed by atoms with E-state index < -0.39 is 0 Å². The van der Waals surface area contributed by atoms with Gasteiger partial charge in [-0.2, -0.15) is 5.10 Å². The van der Waals surface area contributed by atoms with Crippen LogP contribution in [0, 0.1) is 0 Å². The van der Waals surface area contributed by atoms with Gasteiger partial charge in [0.1, 0.15) is 5.58 Å². The van der Waals surface area contributed by atoms with Crippen LogP contribution < -0.4 is 0 Å². The summed E-state index contributed by atoms with van der Waals surface area (Å²) in [6.07, 6.45) is 5.10. The van der Waals surface area contributed by atoms with Crippen LogP contribution >= 0.6 is 0 Å². The van der Waals surface area contributed by atoms with E-state index in [1.807, 2.05) is 12.1 Å². The fraction of sp³-hybridized carbons (Fsp3) is 0. The number of furan rings is 1. The zero-order valence-corrected chi connectivity index (χ0v) is 6.64. The van der Waals surface area contributed by atoms with Crippen molar-refractivity contribution in [3.05, 3.63) is 30.7 Å². The molecule has 3 heterocycles. The molecule has 0 amide bonds. The highest BCUT2D eigenvalue weighted by Gasteiger charge is 2.05. The topological polar surface area (TPSA) is 51.8 Å². The Balaban J connectivity index is 2.64. The van der Waals surface area contributed by atoms with Crippen LogP contribution in [0.5, 0.6) is 0 Å². The molecule has 0 spiro atoms. The minimum absolute atomic E-state index is 0.561. The van der Waals surface area contributed by atoms with Crippen molar-refractivity contribution in [3.8, 4) is 0 Å². The van der Waals surface area contributed by atoms with Gasteiger partial charge in [0.2, 0.25) is 5.71 Å². The maximum atomic E-state index is 5.44. The minimum Gasteiger partial charge on any atom is -0.436 e. The van der Waals surface area contributed by atoms with Gasteiger partial charge in [-0.3, -0.25) is 4.98 Å². The van der Waals surface area contributed by atoms with Crippen LogP contribution in [-0.2, 0) is 0 Å². The van der Waals surface area contributed by atoms with Gasteiger partial charge >= 0.3 is 0 Å². The lowest BCUT2D eigenvalue weighted by Gasteiger charge is -1.83. The Hall–Kier alpha value is -1.97. The van der Waals surface area contributed by atoms with E-state index in [0.29, 0.717) is 5.71 Å². The average molecular weight is 171 g/mol. The molecule has 0 fully saturated rings. The highest BCUT2D eigenvalue weighted by Crippen LogP contribution is 2.24. The molecule has 0 bridgehead atoms. The largest absolute Gasteiger partial charge is 0.436 e. The molecule has 13 heavy (non-hydrogen) atoms. The Kier molecular flexibility index (Phi) is 1.14. The SMILES string of the molecule is c1cc2oc3nnccc3c2cn1. The summed E-state index contributed by atoms with van der Waals surface area (Å²) in [6, 6.07) is 3.69. The first-order valence-electron chi connectivity index (χ1n) is 3.89. The second kappa shape index (κ2) is 2.26. The van der Waals surface area contributed by atoms with Crippen molar-refractivity contribution >= 4 is 22.1 Å². The van der Waals surface area contributed by atoms with Gasteiger partial charge in [0.15, 0.2) is 0 Å². The molecular weight excluding hydrogens is 166 g/mol. The van der Waals surface area contributed by atoms with Crippen molar-refractivity contribution in [2.75, 3.05) is 0 Å². The summed E-state index contributed by atoms with van der Waals surface area (Å²) in [5.41, 5.74) is 1.36. The van der Waals surface area contributed by atoms with Crippen LogP contribution in [0.15, 0.2) is 35.1 Å². The van der Waals surface area contributed by atoms with Crippen molar-refractivity contribution in [2.24, 2.45) is 0 Å². The summed E-state index contributed by atoms with van der Waals surface area (Å²) in [5, 5.41) is 9.55. The van der Waals surface area contributed by atoms with Gasteiger partial charge in [-0.15, -0.1) is 5.10 Å². The Morgan fingerprint density at radius 2 is 2.08 bits per heavy atom. The van der Waals surface area contributed by atoms with Crippen molar-refractivity contribution in [2.45, 2.75) is 0 Å². The molecule has 0 aliphatic rings. The predicted octanol–water partition coefficient (Wildman–Crippen LogP) is 1.77. The predicted molar refractivity (Wildman–Crippen MR) is 47.1 cm³/mol. The van der Waals surface area contributed by atoms with Crippen LogP contribution in [0.1, 0.15) is 0 Å². The summed E-state index contributed by atoms with van der Waals surface area (Å²) in [4.78, 5) is 4.03. The third kappa shape index (κ3) is 0.823. The summed E-state index contributed by atoms with van der Waals surface area (Å²) in [7, 11) is 0. The monoisotopic (exact) mass is 171 g/mol. The van der Waals surface area contributed by atoms with Crippen LogP contribution in [0.3, 0.4) is 0 Å². The number of fused-ring (bicyclic) bond motifs is 3. The molecule has 0 saturated carbocycles. The second-order valence-electron chi connectivity index (χ2n) is 2.72. The Bertz CT molecular complexity index is 523. The van der Waals surface area contributed by atoms with Gasteiger partial charge in [-0.1, -0.05) is 0 Å². The van der Waals surface area contributed by atoms with Crippen LogP contribution in [0.4, 0.5) is 0 Å². The molecule has 4 heteroatoms. The Labute approximate surface area is 73.2 Å². The molecule has 0 atom stereocenters. The number of hydrogen-bond acceptors (Lipinski definition) is 4. The molecule has 0 aliphatic carbocycles. The summed E-state index contributed by atoms with van der Waals surface area (Å²) in [5.74, 6) is 0. The molecule has 0 unspecified atom stereocenters. The van der Waals surface area contributed by atoms with Crippen molar-refractivity contribution in [1.29, 1.82) is 0 Å². The standard InChI is InChI=1S/C9H5N3O/c1-4-11-12-9-6(1)7-5-10-3-2-8(7)13-9/h1-5H. The van der Waals surface area contributed by atoms with Crippen LogP contribution in [0.25, 0.3) is 22.1 Å². The fourth-order valence-corrected chi connectivity index (χ4v) is 1.38. The molecule has 0 saturated heterocycles. The van der Waals surface area contributed by atoms with Crippen LogP contribution in [0.2, 0.25) is 0 Å². The van der Waals surface area contributed by atoms with Gasteiger partial charge in [0, 0.05) is 17.8 Å². The second-order valence-corrected chi connectivity index (χ2v) is 2.72. The fourth-order valence-electron chi connectivity index (χ4n) is 1.38. The third-order valence-electron chi connectivity index (χ3n) is 1.96. The maximum absolute atomic E-state index is 5.44. The van der Waals surface area contributed by atoms with E-state index in [0.717, 1.165) is 16.4 Å². The van der Waals surface area contributed by atoms with E-state index in [9.17, 15) is 0 Å². The number of rotatable bonds is 0. The molecule has 4 nitrogen and oxygen atoms in total. The summed E-state index contributed by atoms with van der Waals surface area (Å²) in [6.45, 7) is 0. The number of hydrogen-bond donors (Lipinski definition) is 0. The molecule has 3 rings (SSSR count). The summed E-state index contributed by atoms with van der Waals surface area (Å²) < 4.78 is 5.44. The lowest BCUT2D eigenvalue weighted by atomic mass is 10.2. The van der Waals surface area contributed by atoms with Gasteiger partial charge in [0.05, 0.1) is 11.6 Å². The van der Waals surface area contributed by atoms with Crippen molar-refractivity contribution in [3.63, 3.8) is 0 Å². The Morgan fingerprint density at radius 1 is 1.08 bits per heavy atom. The van der Waals surface area contributed by atoms with Gasteiger partial charge in [-0.25, -0.2) is 0 Å². The first-order valence-corrected chi connectivity index (χ1v) is 3.89. The Morgan fingerprint density at radius 3 is 3.08 bits per heavy atom. The average Bonchev–Trinajstić information content (AvgIpc) is 2.56.